The van der Waals surface area contributed by atoms with E-state index in [-0.39, 0.29) is 171 Å². The van der Waals surface area contributed by atoms with Crippen molar-refractivity contribution in [3.63, 3.8) is 0 Å². The van der Waals surface area contributed by atoms with Gasteiger partial charge >= 0.3 is 0 Å². The predicted octanol–water partition coefficient (Wildman–Crippen LogP) is 28.1. The van der Waals surface area contributed by atoms with E-state index in [1.54, 1.807) is 109 Å². The van der Waals surface area contributed by atoms with Gasteiger partial charge in [-0.05, 0) is 389 Å². The van der Waals surface area contributed by atoms with Crippen LogP contribution in [0.4, 0.5) is 61.5 Å². The summed E-state index contributed by atoms with van der Waals surface area (Å²) in [5.41, 5.74) is 43.8. The minimum atomic E-state index is -0.289. The smallest absolute Gasteiger partial charge is 0.123 e. The van der Waals surface area contributed by atoms with Crippen molar-refractivity contribution >= 4 is 0 Å². The second-order valence-electron chi connectivity index (χ2n) is 36.7. The average molecular weight is 1920 g/mol. The van der Waals surface area contributed by atoms with E-state index < -0.39 is 0 Å². The summed E-state index contributed by atoms with van der Waals surface area (Å²) in [5.74, 6) is -3.45. The lowest BCUT2D eigenvalue weighted by atomic mass is 9.78. The van der Waals surface area contributed by atoms with Crippen molar-refractivity contribution in [2.24, 2.45) is 52.3 Å². The molecule has 140 heavy (non-hydrogen) atoms. The molecule has 0 radical (unpaired) electrons. The fraction of sp³-hybridized carbons (Fsp3) is 0.294. The molecule has 0 amide bonds. The van der Waals surface area contributed by atoms with Crippen LogP contribution in [0, 0.1) is 119 Å². The molecule has 0 aromatic heterocycles. The lowest BCUT2D eigenvalue weighted by molar-refractivity contribution is 0.427. The highest BCUT2D eigenvalue weighted by Crippen LogP contribution is 2.45. The second-order valence-corrected chi connectivity index (χ2v) is 36.7. The van der Waals surface area contributed by atoms with E-state index in [0.717, 1.165) is 141 Å². The van der Waals surface area contributed by atoms with E-state index in [0.29, 0.717) is 25.9 Å². The molecule has 2 aliphatic rings. The number of nitrogens with one attached hydrogen (secondary N) is 2. The summed E-state index contributed by atoms with van der Waals surface area (Å²) in [7, 11) is 3.77. The Balaban J connectivity index is 0.000000168. The van der Waals surface area contributed by atoms with E-state index in [9.17, 15) is 61.5 Å². The Kier molecular flexibility index (Phi) is 43.3. The summed E-state index contributed by atoms with van der Waals surface area (Å²) in [4.78, 5) is 0. The third-order valence-electron chi connectivity index (χ3n) is 26.2. The Bertz CT molecular complexity index is 5740. The highest BCUT2D eigenvalue weighted by molar-refractivity contribution is 5.44. The molecule has 12 N–H and O–H groups in total. The molecule has 14 aromatic rings. The third kappa shape index (κ3) is 33.0. The van der Waals surface area contributed by atoms with Crippen molar-refractivity contribution in [3.8, 4) is 0 Å². The Morgan fingerprint density at radius 1 is 0.293 bits per heavy atom. The topological polar surface area (TPSA) is 154 Å². The summed E-state index contributed by atoms with van der Waals surface area (Å²) >= 11 is 0. The van der Waals surface area contributed by atoms with Crippen LogP contribution in [0.3, 0.4) is 0 Å². The molecular weight excluding hydrogens is 1790 g/mol. The number of halogens is 14. The Morgan fingerprint density at radius 3 is 0.771 bits per heavy atom. The molecular formula is C119H129F14N7. The monoisotopic (exact) mass is 1920 g/mol. The molecule has 2 unspecified atom stereocenters. The first-order chi connectivity index (χ1) is 67.2. The molecule has 0 saturated heterocycles. The van der Waals surface area contributed by atoms with Gasteiger partial charge in [-0.1, -0.05) is 184 Å². The number of benzene rings is 14. The van der Waals surface area contributed by atoms with Crippen LogP contribution in [0.15, 0.2) is 328 Å². The Hall–Kier alpha value is -12.2. The van der Waals surface area contributed by atoms with Gasteiger partial charge in [0.1, 0.15) is 81.4 Å². The van der Waals surface area contributed by atoms with Crippen LogP contribution in [-0.2, 0) is 0 Å². The summed E-state index contributed by atoms with van der Waals surface area (Å²) in [6.45, 7) is 13.6. The van der Waals surface area contributed by atoms with Crippen molar-refractivity contribution in [3.05, 3.63) is 498 Å². The first-order valence-corrected chi connectivity index (χ1v) is 47.8. The first-order valence-electron chi connectivity index (χ1n) is 47.8. The number of rotatable bonds is 28. The standard InChI is InChI=1S/2C18H19F2N.3C17H19F2N.2C16H17F2N/c2*19-14-6-1-4-12(10-14)18(16-8-3-9-17(16)21)13-5-2-7-15(20)11-13;1-11-3-5-13(18)9-16(11)15(7-8-20)17-10-14(19)6-4-12(17)2;1-12(11-20-2)17(13-5-3-7-15(18)9-13)14-6-4-8-16(19)10-14;1-12(20-2)9-17(13-5-3-7-15(18)10-13)14-6-4-8-16(19)11-14;1-11(10-19)16(12-4-2-6-14(17)8-12)13-5-3-7-15(18)9-13;1-11(19)8-16(12-4-2-6-14(17)9-12)13-5-3-7-15(18)10-13/h2*1-2,4-7,10-11,16-18H,3,8-9,21H2;3-6,9-10,15H,7-8,20H2,1-2H3;3-10,12,17,20H,11H2,1-2H3;3-8,10-12,17,20H,9H2,1-2H3;2-9,11,16H,10,19H2,1H3;2-7,9-11,16H,8,19H2,1H3/t2*16?,17-;;2*12-;2*11-/m10.0010/s1. The van der Waals surface area contributed by atoms with Crippen molar-refractivity contribution < 1.29 is 61.5 Å². The molecule has 2 fully saturated rings. The van der Waals surface area contributed by atoms with Gasteiger partial charge < -0.3 is 39.3 Å². The first kappa shape index (κ1) is 110. The van der Waals surface area contributed by atoms with E-state index >= 15 is 0 Å². The van der Waals surface area contributed by atoms with Crippen LogP contribution < -0.4 is 39.3 Å². The lowest BCUT2D eigenvalue weighted by Gasteiger charge is -2.28. The van der Waals surface area contributed by atoms with Gasteiger partial charge in [-0.3, -0.25) is 0 Å². The molecule has 738 valence electrons. The van der Waals surface area contributed by atoms with Gasteiger partial charge in [-0.15, -0.1) is 0 Å². The van der Waals surface area contributed by atoms with E-state index in [1.165, 1.54) is 146 Å². The Morgan fingerprint density at radius 2 is 0.536 bits per heavy atom. The number of aryl methyl sites for hydroxylation is 2. The van der Waals surface area contributed by atoms with Crippen LogP contribution in [-0.4, -0.2) is 57.9 Å². The minimum Gasteiger partial charge on any atom is -0.330 e. The van der Waals surface area contributed by atoms with Crippen molar-refractivity contribution in [1.29, 1.82) is 0 Å². The number of hydrogen-bond acceptors (Lipinski definition) is 7. The zero-order chi connectivity index (χ0) is 101. The molecule has 16 rings (SSSR count). The van der Waals surface area contributed by atoms with Crippen LogP contribution in [0.2, 0.25) is 0 Å². The molecule has 0 heterocycles. The average Bonchev–Trinajstić information content (AvgIpc) is 1.33. The third-order valence-corrected chi connectivity index (χ3v) is 26.2. The predicted molar refractivity (Wildman–Crippen MR) is 539 cm³/mol. The molecule has 0 spiro atoms. The molecule has 2 aliphatic carbocycles. The number of hydrogen-bond donors (Lipinski definition) is 7. The molecule has 14 aromatic carbocycles. The van der Waals surface area contributed by atoms with Gasteiger partial charge in [0.2, 0.25) is 0 Å². The minimum absolute atomic E-state index is 0.0242. The van der Waals surface area contributed by atoms with Gasteiger partial charge in [0.05, 0.1) is 0 Å². The summed E-state index contributed by atoms with van der Waals surface area (Å²) in [5, 5.41) is 6.31. The number of nitrogens with two attached hydrogens (primary N) is 5. The summed E-state index contributed by atoms with van der Waals surface area (Å²) < 4.78 is 189. The molecule has 7 nitrogen and oxygen atoms in total. The summed E-state index contributed by atoms with van der Waals surface area (Å²) in [6.07, 6.45) is 8.19. The highest BCUT2D eigenvalue weighted by Gasteiger charge is 2.36. The van der Waals surface area contributed by atoms with Crippen LogP contribution in [0.25, 0.3) is 0 Å². The van der Waals surface area contributed by atoms with Gasteiger partial charge in [-0.25, -0.2) is 61.5 Å². The SMILES string of the molecule is CNC[C@H](C)C(c1cccc(F)c1)c1cccc(F)c1.CN[C@@H](C)CC(c1cccc(F)c1)c1cccc(F)c1.C[C@H](CN)C(c1cccc(F)c1)c1cccc(F)c1.C[C@H](N)CC(c1cccc(F)c1)c1cccc(F)c1.Cc1ccc(F)cc1C(CCN)c1cc(F)ccc1C.N[C@@H]1CCCC1C(c1cccc(F)c1)c1cccc(F)c1.N[C@H]1CCCC1C(c1cccc(F)c1)c1cccc(F)c1. The molecule has 0 aliphatic heterocycles. The zero-order valence-electron chi connectivity index (χ0n) is 80.5. The second kappa shape index (κ2) is 55.1. The molecule has 2 saturated carbocycles. The fourth-order valence-electron chi connectivity index (χ4n) is 19.4. The molecule has 21 heteroatoms. The van der Waals surface area contributed by atoms with Gasteiger partial charge in [-0.2, -0.15) is 0 Å². The zero-order valence-corrected chi connectivity index (χ0v) is 80.5. The van der Waals surface area contributed by atoms with E-state index in [1.807, 2.05) is 115 Å². The Labute approximate surface area is 816 Å². The van der Waals surface area contributed by atoms with E-state index in [4.69, 9.17) is 28.7 Å². The van der Waals surface area contributed by atoms with Crippen molar-refractivity contribution in [2.45, 2.75) is 165 Å². The van der Waals surface area contributed by atoms with Crippen LogP contribution >= 0.6 is 0 Å². The molecule has 0 bridgehead atoms. The van der Waals surface area contributed by atoms with E-state index in [2.05, 4.69) is 24.5 Å². The van der Waals surface area contributed by atoms with Crippen molar-refractivity contribution in [2.75, 3.05) is 33.7 Å². The van der Waals surface area contributed by atoms with Gasteiger partial charge in [0.25, 0.3) is 0 Å². The maximum Gasteiger partial charge on any atom is 0.123 e. The van der Waals surface area contributed by atoms with Gasteiger partial charge in [0.15, 0.2) is 0 Å². The maximum atomic E-state index is 13.6. The van der Waals surface area contributed by atoms with Crippen LogP contribution in [0.1, 0.15) is 216 Å². The quantitative estimate of drug-likeness (QED) is 0.0241. The lowest BCUT2D eigenvalue weighted by Crippen LogP contribution is -2.30. The van der Waals surface area contributed by atoms with Crippen molar-refractivity contribution in [1.82, 2.24) is 10.6 Å². The largest absolute Gasteiger partial charge is 0.330 e. The van der Waals surface area contributed by atoms with Gasteiger partial charge in [0, 0.05) is 65.6 Å². The maximum absolute atomic E-state index is 13.6. The normalized spacial score (nSPS) is 15.2. The summed E-state index contributed by atoms with van der Waals surface area (Å²) in [6, 6.07) is 87.9. The van der Waals surface area contributed by atoms with Crippen LogP contribution in [0.5, 0.6) is 0 Å². The molecule has 8 atom stereocenters. The fourth-order valence-corrected chi connectivity index (χ4v) is 19.4. The highest BCUT2D eigenvalue weighted by atomic mass is 19.2.